The normalized spacial score (nSPS) is 13.4. The number of benzene rings is 1. The monoisotopic (exact) mass is 398 g/mol. The molecule has 2 atom stereocenters. The summed E-state index contributed by atoms with van der Waals surface area (Å²) in [5.41, 5.74) is 7.99. The summed E-state index contributed by atoms with van der Waals surface area (Å²) >= 11 is 0. The smallest absolute Gasteiger partial charge is 0.328 e. The largest absolute Gasteiger partial charge is 0.467 e. The van der Waals surface area contributed by atoms with Crippen molar-refractivity contribution in [1.82, 2.24) is 15.3 Å². The fraction of sp³-hybridized carbons (Fsp3) is 0.381. The second-order valence-electron chi connectivity index (χ2n) is 7.42. The number of rotatable bonds is 8. The molecular formula is C21H26N4O4. The SMILES string of the molecule is COC(=O)C(Cc1c[nH]c2ccccc12)NC(=O)c1coc(C(N)CC(C)C)n1. The first-order chi connectivity index (χ1) is 13.9. The zero-order chi connectivity index (χ0) is 21.0. The molecule has 2 unspecified atom stereocenters. The van der Waals surface area contributed by atoms with Crippen LogP contribution in [0.5, 0.6) is 0 Å². The van der Waals surface area contributed by atoms with Gasteiger partial charge < -0.3 is 25.2 Å². The molecule has 3 rings (SSSR count). The first-order valence-corrected chi connectivity index (χ1v) is 9.53. The minimum Gasteiger partial charge on any atom is -0.467 e. The summed E-state index contributed by atoms with van der Waals surface area (Å²) in [6.45, 7) is 4.09. The second kappa shape index (κ2) is 8.91. The molecule has 8 nitrogen and oxygen atoms in total. The van der Waals surface area contributed by atoms with Crippen LogP contribution in [0.1, 0.15) is 48.3 Å². The third kappa shape index (κ3) is 4.83. The Balaban J connectivity index is 1.74. The number of esters is 1. The van der Waals surface area contributed by atoms with Gasteiger partial charge in [-0.05, 0) is 24.0 Å². The molecule has 8 heteroatoms. The number of aromatic amines is 1. The number of H-pyrrole nitrogens is 1. The van der Waals surface area contributed by atoms with Gasteiger partial charge in [0.2, 0.25) is 5.89 Å². The first-order valence-electron chi connectivity index (χ1n) is 9.53. The van der Waals surface area contributed by atoms with Crippen LogP contribution in [0.25, 0.3) is 10.9 Å². The molecule has 0 bridgehead atoms. The molecular weight excluding hydrogens is 372 g/mol. The molecule has 0 radical (unpaired) electrons. The van der Waals surface area contributed by atoms with Crippen molar-refractivity contribution in [2.45, 2.75) is 38.8 Å². The molecule has 0 aliphatic heterocycles. The van der Waals surface area contributed by atoms with Crippen molar-refractivity contribution in [3.05, 3.63) is 53.9 Å². The van der Waals surface area contributed by atoms with E-state index >= 15 is 0 Å². The van der Waals surface area contributed by atoms with Crippen molar-refractivity contribution in [3.63, 3.8) is 0 Å². The third-order valence-corrected chi connectivity index (χ3v) is 4.69. The van der Waals surface area contributed by atoms with Gasteiger partial charge in [0, 0.05) is 23.5 Å². The Hall–Kier alpha value is -3.13. The molecule has 4 N–H and O–H groups in total. The summed E-state index contributed by atoms with van der Waals surface area (Å²) in [6, 6.07) is 6.49. The van der Waals surface area contributed by atoms with E-state index in [4.69, 9.17) is 14.9 Å². The lowest BCUT2D eigenvalue weighted by molar-refractivity contribution is -0.142. The number of amides is 1. The highest BCUT2D eigenvalue weighted by Crippen LogP contribution is 2.20. The van der Waals surface area contributed by atoms with Crippen LogP contribution in [-0.4, -0.2) is 35.0 Å². The van der Waals surface area contributed by atoms with Crippen molar-refractivity contribution in [2.24, 2.45) is 11.7 Å². The molecule has 0 aliphatic carbocycles. The molecule has 0 spiro atoms. The molecule has 0 saturated heterocycles. The van der Waals surface area contributed by atoms with Gasteiger partial charge >= 0.3 is 5.97 Å². The number of hydrogen-bond acceptors (Lipinski definition) is 6. The van der Waals surface area contributed by atoms with Crippen LogP contribution in [0, 0.1) is 5.92 Å². The fourth-order valence-electron chi connectivity index (χ4n) is 3.26. The molecule has 1 amide bonds. The number of para-hydroxylation sites is 1. The van der Waals surface area contributed by atoms with Gasteiger partial charge in [-0.15, -0.1) is 0 Å². The summed E-state index contributed by atoms with van der Waals surface area (Å²) in [5.74, 6) is -0.389. The minimum absolute atomic E-state index is 0.0760. The summed E-state index contributed by atoms with van der Waals surface area (Å²) in [4.78, 5) is 32.2. The quantitative estimate of drug-likeness (QED) is 0.501. The maximum atomic E-state index is 12.6. The zero-order valence-corrected chi connectivity index (χ0v) is 16.8. The van der Waals surface area contributed by atoms with E-state index in [1.54, 1.807) is 0 Å². The molecule has 0 fully saturated rings. The summed E-state index contributed by atoms with van der Waals surface area (Å²) in [6.07, 6.45) is 4.05. The number of nitrogens with zero attached hydrogens (tertiary/aromatic N) is 1. The number of carbonyl (C=O) groups is 2. The van der Waals surface area contributed by atoms with Gasteiger partial charge in [-0.1, -0.05) is 32.0 Å². The van der Waals surface area contributed by atoms with E-state index < -0.39 is 17.9 Å². The summed E-state index contributed by atoms with van der Waals surface area (Å²) < 4.78 is 10.2. The van der Waals surface area contributed by atoms with Gasteiger partial charge in [0.1, 0.15) is 12.3 Å². The Morgan fingerprint density at radius 3 is 2.79 bits per heavy atom. The van der Waals surface area contributed by atoms with E-state index in [2.05, 4.69) is 15.3 Å². The van der Waals surface area contributed by atoms with E-state index in [1.807, 2.05) is 44.3 Å². The van der Waals surface area contributed by atoms with Crippen molar-refractivity contribution in [3.8, 4) is 0 Å². The zero-order valence-electron chi connectivity index (χ0n) is 16.8. The summed E-state index contributed by atoms with van der Waals surface area (Å²) in [5, 5.41) is 3.67. The number of fused-ring (bicyclic) bond motifs is 1. The first kappa shape index (κ1) is 20.6. The number of nitrogens with two attached hydrogens (primary N) is 1. The molecule has 2 heterocycles. The number of hydrogen-bond donors (Lipinski definition) is 3. The Kier molecular flexibility index (Phi) is 6.33. The molecule has 3 aromatic rings. The standard InChI is InChI=1S/C21H26N4O4/c1-12(2)8-15(22)20-25-18(11-29-20)19(26)24-17(21(27)28-3)9-13-10-23-16-7-5-4-6-14(13)16/h4-7,10-12,15,17,23H,8-9,22H2,1-3H3,(H,24,26). The number of carbonyl (C=O) groups excluding carboxylic acids is 2. The minimum atomic E-state index is -0.865. The maximum Gasteiger partial charge on any atom is 0.328 e. The van der Waals surface area contributed by atoms with Crippen molar-refractivity contribution < 1.29 is 18.7 Å². The van der Waals surface area contributed by atoms with Gasteiger partial charge in [0.05, 0.1) is 13.2 Å². The van der Waals surface area contributed by atoms with E-state index in [1.165, 1.54) is 13.4 Å². The van der Waals surface area contributed by atoms with Gasteiger partial charge in [-0.2, -0.15) is 0 Å². The predicted molar refractivity (Wildman–Crippen MR) is 108 cm³/mol. The molecule has 0 saturated carbocycles. The van der Waals surface area contributed by atoms with Gasteiger partial charge in [0.15, 0.2) is 5.69 Å². The number of methoxy groups -OCH3 is 1. The number of aromatic nitrogens is 2. The van der Waals surface area contributed by atoms with Crippen LogP contribution in [0.3, 0.4) is 0 Å². The molecule has 154 valence electrons. The van der Waals surface area contributed by atoms with Gasteiger partial charge in [-0.25, -0.2) is 9.78 Å². The average molecular weight is 398 g/mol. The highest BCUT2D eigenvalue weighted by atomic mass is 16.5. The topological polar surface area (TPSA) is 123 Å². The second-order valence-corrected chi connectivity index (χ2v) is 7.42. The Bertz CT molecular complexity index is 991. The van der Waals surface area contributed by atoms with Crippen LogP contribution in [0.4, 0.5) is 0 Å². The predicted octanol–water partition coefficient (Wildman–Crippen LogP) is 2.72. The van der Waals surface area contributed by atoms with Crippen molar-refractivity contribution in [2.75, 3.05) is 7.11 Å². The van der Waals surface area contributed by atoms with Crippen LogP contribution < -0.4 is 11.1 Å². The highest BCUT2D eigenvalue weighted by Gasteiger charge is 2.26. The van der Waals surface area contributed by atoms with Crippen LogP contribution in [-0.2, 0) is 16.0 Å². The molecule has 0 aliphatic rings. The van der Waals surface area contributed by atoms with Gasteiger partial charge in [0.25, 0.3) is 5.91 Å². The van der Waals surface area contributed by atoms with Crippen molar-refractivity contribution >= 4 is 22.8 Å². The lowest BCUT2D eigenvalue weighted by Crippen LogP contribution is -2.43. The molecule has 29 heavy (non-hydrogen) atoms. The Morgan fingerprint density at radius 2 is 2.07 bits per heavy atom. The van der Waals surface area contributed by atoms with E-state index in [-0.39, 0.29) is 18.2 Å². The number of oxazole rings is 1. The lowest BCUT2D eigenvalue weighted by Gasteiger charge is -2.15. The van der Waals surface area contributed by atoms with E-state index in [9.17, 15) is 9.59 Å². The maximum absolute atomic E-state index is 12.6. The molecule has 2 aromatic heterocycles. The fourth-order valence-corrected chi connectivity index (χ4v) is 3.26. The average Bonchev–Trinajstić information content (AvgIpc) is 3.34. The third-order valence-electron chi connectivity index (χ3n) is 4.69. The van der Waals surface area contributed by atoms with Crippen LogP contribution in [0.2, 0.25) is 0 Å². The van der Waals surface area contributed by atoms with E-state index in [0.717, 1.165) is 16.5 Å². The van der Waals surface area contributed by atoms with Crippen LogP contribution >= 0.6 is 0 Å². The van der Waals surface area contributed by atoms with Crippen molar-refractivity contribution in [1.29, 1.82) is 0 Å². The lowest BCUT2D eigenvalue weighted by atomic mass is 10.0. The van der Waals surface area contributed by atoms with Crippen LogP contribution in [0.15, 0.2) is 41.1 Å². The highest BCUT2D eigenvalue weighted by molar-refractivity contribution is 5.95. The number of ether oxygens (including phenoxy) is 1. The summed E-state index contributed by atoms with van der Waals surface area (Å²) in [7, 11) is 1.29. The van der Waals surface area contributed by atoms with Gasteiger partial charge in [-0.3, -0.25) is 4.79 Å². The number of nitrogens with one attached hydrogen (secondary N) is 2. The molecule has 1 aromatic carbocycles. The van der Waals surface area contributed by atoms with E-state index in [0.29, 0.717) is 18.2 Å². The Morgan fingerprint density at radius 1 is 1.31 bits per heavy atom. The Labute approximate surface area is 168 Å².